The molecule has 2 aliphatic carbocycles. The van der Waals surface area contributed by atoms with Gasteiger partial charge in [-0.05, 0) is 43.9 Å². The zero-order valence-electron chi connectivity index (χ0n) is 12.5. The lowest BCUT2D eigenvalue weighted by atomic mass is 9.80. The maximum absolute atomic E-state index is 4.68. The van der Waals surface area contributed by atoms with Crippen LogP contribution in [0.25, 0.3) is 0 Å². The standard InChI is InChI=1S/C15H29N3.HI/c1-3-16-15(17-10-13-8-9-13)18-11-14-7-5-4-6-12(14)2;/h12-14H,3-11H2,1-2H3,(H2,16,17,18);1H. The van der Waals surface area contributed by atoms with Crippen molar-refractivity contribution >= 4 is 29.9 Å². The van der Waals surface area contributed by atoms with Crippen molar-refractivity contribution in [2.45, 2.75) is 52.4 Å². The summed E-state index contributed by atoms with van der Waals surface area (Å²) in [6.07, 6.45) is 8.38. The molecule has 0 spiro atoms. The molecule has 2 saturated carbocycles. The average Bonchev–Trinajstić information content (AvgIpc) is 3.18. The SMILES string of the molecule is CCNC(=NCC1CC1)NCC1CCCCC1C.I. The van der Waals surface area contributed by atoms with Crippen molar-refractivity contribution < 1.29 is 0 Å². The molecule has 2 aliphatic rings. The summed E-state index contributed by atoms with van der Waals surface area (Å²) in [7, 11) is 0. The van der Waals surface area contributed by atoms with Crippen molar-refractivity contribution in [1.82, 2.24) is 10.6 Å². The molecular weight excluding hydrogens is 349 g/mol. The molecule has 2 unspecified atom stereocenters. The Morgan fingerprint density at radius 2 is 1.84 bits per heavy atom. The first-order chi connectivity index (χ1) is 8.79. The average molecular weight is 379 g/mol. The second kappa shape index (κ2) is 9.03. The Morgan fingerprint density at radius 3 is 2.47 bits per heavy atom. The van der Waals surface area contributed by atoms with E-state index < -0.39 is 0 Å². The minimum atomic E-state index is 0. The van der Waals surface area contributed by atoms with Gasteiger partial charge in [0.15, 0.2) is 5.96 Å². The Kier molecular flexibility index (Phi) is 8.11. The van der Waals surface area contributed by atoms with Gasteiger partial charge in [-0.25, -0.2) is 0 Å². The summed E-state index contributed by atoms with van der Waals surface area (Å²) >= 11 is 0. The van der Waals surface area contributed by atoms with E-state index in [9.17, 15) is 0 Å². The van der Waals surface area contributed by atoms with Crippen LogP contribution in [0.4, 0.5) is 0 Å². The van der Waals surface area contributed by atoms with E-state index in [4.69, 9.17) is 0 Å². The third-order valence-electron chi connectivity index (χ3n) is 4.37. The van der Waals surface area contributed by atoms with Crippen molar-refractivity contribution in [3.8, 4) is 0 Å². The normalized spacial score (nSPS) is 27.6. The van der Waals surface area contributed by atoms with E-state index in [1.165, 1.54) is 38.5 Å². The molecule has 0 bridgehead atoms. The molecule has 2 rings (SSSR count). The zero-order chi connectivity index (χ0) is 12.8. The van der Waals surface area contributed by atoms with E-state index in [1.807, 2.05) is 0 Å². The number of hydrogen-bond donors (Lipinski definition) is 2. The second-order valence-corrected chi connectivity index (χ2v) is 6.07. The highest BCUT2D eigenvalue weighted by atomic mass is 127. The Morgan fingerprint density at radius 1 is 1.11 bits per heavy atom. The number of nitrogens with zero attached hydrogens (tertiary/aromatic N) is 1. The van der Waals surface area contributed by atoms with Crippen molar-refractivity contribution in [2.24, 2.45) is 22.7 Å². The number of hydrogen-bond acceptors (Lipinski definition) is 1. The second-order valence-electron chi connectivity index (χ2n) is 6.07. The van der Waals surface area contributed by atoms with Crippen molar-refractivity contribution in [3.63, 3.8) is 0 Å². The van der Waals surface area contributed by atoms with E-state index in [2.05, 4.69) is 29.5 Å². The van der Waals surface area contributed by atoms with Crippen LogP contribution in [0.15, 0.2) is 4.99 Å². The first-order valence-corrected chi connectivity index (χ1v) is 7.81. The molecule has 112 valence electrons. The van der Waals surface area contributed by atoms with Gasteiger partial charge in [-0.1, -0.05) is 26.2 Å². The number of aliphatic imine (C=N–C) groups is 1. The lowest BCUT2D eigenvalue weighted by molar-refractivity contribution is 0.256. The molecule has 0 saturated heterocycles. The lowest BCUT2D eigenvalue weighted by Gasteiger charge is -2.29. The summed E-state index contributed by atoms with van der Waals surface area (Å²) in [6.45, 7) is 7.60. The molecule has 0 heterocycles. The van der Waals surface area contributed by atoms with E-state index in [1.54, 1.807) is 0 Å². The third kappa shape index (κ3) is 6.32. The van der Waals surface area contributed by atoms with Crippen molar-refractivity contribution in [1.29, 1.82) is 0 Å². The molecule has 0 aromatic carbocycles. The molecule has 2 fully saturated rings. The van der Waals surface area contributed by atoms with Gasteiger partial charge in [0.1, 0.15) is 0 Å². The molecule has 19 heavy (non-hydrogen) atoms. The maximum atomic E-state index is 4.68. The summed E-state index contributed by atoms with van der Waals surface area (Å²) in [5.41, 5.74) is 0. The number of rotatable bonds is 5. The molecule has 0 aromatic rings. The van der Waals surface area contributed by atoms with Crippen LogP contribution in [0.1, 0.15) is 52.4 Å². The van der Waals surface area contributed by atoms with Crippen LogP contribution in [0.5, 0.6) is 0 Å². The third-order valence-corrected chi connectivity index (χ3v) is 4.37. The Hall–Kier alpha value is 0. The summed E-state index contributed by atoms with van der Waals surface area (Å²) < 4.78 is 0. The highest BCUT2D eigenvalue weighted by Gasteiger charge is 2.22. The Bertz CT molecular complexity index is 277. The van der Waals surface area contributed by atoms with Gasteiger partial charge in [0.2, 0.25) is 0 Å². The Balaban J connectivity index is 0.00000180. The lowest BCUT2D eigenvalue weighted by Crippen LogP contribution is -2.41. The largest absolute Gasteiger partial charge is 0.357 e. The van der Waals surface area contributed by atoms with Crippen LogP contribution in [0.3, 0.4) is 0 Å². The van der Waals surface area contributed by atoms with Crippen LogP contribution in [-0.2, 0) is 0 Å². The number of nitrogens with one attached hydrogen (secondary N) is 2. The fraction of sp³-hybridized carbons (Fsp3) is 0.933. The van der Waals surface area contributed by atoms with Crippen LogP contribution >= 0.6 is 24.0 Å². The minimum absolute atomic E-state index is 0. The van der Waals surface area contributed by atoms with Crippen LogP contribution in [0.2, 0.25) is 0 Å². The van der Waals surface area contributed by atoms with Gasteiger partial charge in [0, 0.05) is 19.6 Å². The van der Waals surface area contributed by atoms with Gasteiger partial charge in [0.25, 0.3) is 0 Å². The molecule has 0 amide bonds. The van der Waals surface area contributed by atoms with Gasteiger partial charge >= 0.3 is 0 Å². The summed E-state index contributed by atoms with van der Waals surface area (Å²) in [4.78, 5) is 4.68. The fourth-order valence-electron chi connectivity index (χ4n) is 2.79. The highest BCUT2D eigenvalue weighted by Crippen LogP contribution is 2.29. The van der Waals surface area contributed by atoms with Crippen LogP contribution in [0, 0.1) is 17.8 Å². The van der Waals surface area contributed by atoms with E-state index in [0.717, 1.165) is 43.3 Å². The van der Waals surface area contributed by atoms with E-state index in [-0.39, 0.29) is 24.0 Å². The molecular formula is C15H30IN3. The number of guanidine groups is 1. The smallest absolute Gasteiger partial charge is 0.191 e. The zero-order valence-corrected chi connectivity index (χ0v) is 14.8. The minimum Gasteiger partial charge on any atom is -0.357 e. The predicted molar refractivity (Wildman–Crippen MR) is 93.2 cm³/mol. The van der Waals surface area contributed by atoms with Crippen LogP contribution < -0.4 is 10.6 Å². The molecule has 4 heteroatoms. The molecule has 2 atom stereocenters. The molecule has 0 aliphatic heterocycles. The topological polar surface area (TPSA) is 36.4 Å². The molecule has 0 radical (unpaired) electrons. The molecule has 3 nitrogen and oxygen atoms in total. The van der Waals surface area contributed by atoms with Gasteiger partial charge in [0.05, 0.1) is 0 Å². The van der Waals surface area contributed by atoms with Crippen molar-refractivity contribution in [2.75, 3.05) is 19.6 Å². The monoisotopic (exact) mass is 379 g/mol. The van der Waals surface area contributed by atoms with E-state index >= 15 is 0 Å². The van der Waals surface area contributed by atoms with Gasteiger partial charge in [-0.15, -0.1) is 24.0 Å². The maximum Gasteiger partial charge on any atom is 0.191 e. The van der Waals surface area contributed by atoms with E-state index in [0.29, 0.717) is 0 Å². The predicted octanol–water partition coefficient (Wildman–Crippen LogP) is 3.40. The van der Waals surface area contributed by atoms with Crippen LogP contribution in [-0.4, -0.2) is 25.6 Å². The summed E-state index contributed by atoms with van der Waals surface area (Å²) in [5, 5.41) is 6.90. The fourth-order valence-corrected chi connectivity index (χ4v) is 2.79. The summed E-state index contributed by atoms with van der Waals surface area (Å²) in [6, 6.07) is 0. The van der Waals surface area contributed by atoms with Gasteiger partial charge in [-0.3, -0.25) is 4.99 Å². The molecule has 0 aromatic heterocycles. The molecule has 2 N–H and O–H groups in total. The highest BCUT2D eigenvalue weighted by molar-refractivity contribution is 14.0. The van der Waals surface area contributed by atoms with Gasteiger partial charge < -0.3 is 10.6 Å². The van der Waals surface area contributed by atoms with Gasteiger partial charge in [-0.2, -0.15) is 0 Å². The van der Waals surface area contributed by atoms with Crippen molar-refractivity contribution in [3.05, 3.63) is 0 Å². The first kappa shape index (κ1) is 17.1. The number of halogens is 1. The Labute approximate surface area is 135 Å². The first-order valence-electron chi connectivity index (χ1n) is 7.81. The quantitative estimate of drug-likeness (QED) is 0.437. The summed E-state index contributed by atoms with van der Waals surface area (Å²) in [5.74, 6) is 3.61.